The van der Waals surface area contributed by atoms with Crippen molar-refractivity contribution in [2.24, 2.45) is 0 Å². The molecule has 23 heavy (non-hydrogen) atoms. The highest BCUT2D eigenvalue weighted by molar-refractivity contribution is 6.00. The lowest BCUT2D eigenvalue weighted by molar-refractivity contribution is -0.383. The van der Waals surface area contributed by atoms with Gasteiger partial charge in [0.25, 0.3) is 5.69 Å². The summed E-state index contributed by atoms with van der Waals surface area (Å²) in [6, 6.07) is 12.8. The van der Waals surface area contributed by atoms with Crippen molar-refractivity contribution in [2.45, 2.75) is 6.61 Å². The van der Waals surface area contributed by atoms with E-state index in [9.17, 15) is 10.1 Å². The van der Waals surface area contributed by atoms with E-state index < -0.39 is 4.92 Å². The molecule has 6 nitrogen and oxygen atoms in total. The molecule has 0 radical (unpaired) electrons. The SMILES string of the molecule is COCc1cccc(Nc2ccc([N+](=O)[O-])c3cnccc23)c1. The Balaban J connectivity index is 2.02. The van der Waals surface area contributed by atoms with Crippen LogP contribution >= 0.6 is 0 Å². The van der Waals surface area contributed by atoms with Crippen LogP contribution in [0.5, 0.6) is 0 Å². The van der Waals surface area contributed by atoms with Crippen LogP contribution in [0.3, 0.4) is 0 Å². The Morgan fingerprint density at radius 3 is 2.87 bits per heavy atom. The fourth-order valence-corrected chi connectivity index (χ4v) is 2.50. The van der Waals surface area contributed by atoms with Gasteiger partial charge in [-0.15, -0.1) is 0 Å². The molecule has 0 saturated carbocycles. The number of anilines is 2. The Morgan fingerprint density at radius 2 is 2.09 bits per heavy atom. The average Bonchev–Trinajstić information content (AvgIpc) is 2.55. The summed E-state index contributed by atoms with van der Waals surface area (Å²) in [4.78, 5) is 14.7. The van der Waals surface area contributed by atoms with E-state index in [4.69, 9.17) is 4.74 Å². The van der Waals surface area contributed by atoms with Crippen molar-refractivity contribution >= 4 is 27.8 Å². The van der Waals surface area contributed by atoms with Crippen LogP contribution in [-0.2, 0) is 11.3 Å². The molecule has 2 aromatic carbocycles. The molecule has 116 valence electrons. The molecule has 3 rings (SSSR count). The molecule has 0 atom stereocenters. The molecule has 1 heterocycles. The summed E-state index contributed by atoms with van der Waals surface area (Å²) >= 11 is 0. The number of nitrogens with zero attached hydrogens (tertiary/aromatic N) is 2. The number of benzene rings is 2. The van der Waals surface area contributed by atoms with Crippen LogP contribution in [0.25, 0.3) is 10.8 Å². The second-order valence-electron chi connectivity index (χ2n) is 5.07. The van der Waals surface area contributed by atoms with E-state index in [1.54, 1.807) is 25.4 Å². The molecule has 0 spiro atoms. The van der Waals surface area contributed by atoms with Gasteiger partial charge in [0.2, 0.25) is 0 Å². The third kappa shape index (κ3) is 3.12. The average molecular weight is 309 g/mol. The maximum Gasteiger partial charge on any atom is 0.278 e. The number of hydrogen-bond acceptors (Lipinski definition) is 5. The molecule has 0 aliphatic heterocycles. The first-order chi connectivity index (χ1) is 11.2. The summed E-state index contributed by atoms with van der Waals surface area (Å²) < 4.78 is 5.13. The Hall–Kier alpha value is -2.99. The lowest BCUT2D eigenvalue weighted by Gasteiger charge is -2.11. The fraction of sp³-hybridized carbons (Fsp3) is 0.118. The molecule has 0 bridgehead atoms. The number of pyridine rings is 1. The molecule has 1 aromatic heterocycles. The highest BCUT2D eigenvalue weighted by Gasteiger charge is 2.14. The second kappa shape index (κ2) is 6.41. The highest BCUT2D eigenvalue weighted by atomic mass is 16.6. The zero-order valence-electron chi connectivity index (χ0n) is 12.5. The molecular weight excluding hydrogens is 294 g/mol. The number of non-ortho nitro benzene ring substituents is 1. The summed E-state index contributed by atoms with van der Waals surface area (Å²) in [6.07, 6.45) is 3.14. The van der Waals surface area contributed by atoms with Gasteiger partial charge in [0, 0.05) is 42.3 Å². The topological polar surface area (TPSA) is 77.3 Å². The third-order valence-electron chi connectivity index (χ3n) is 3.51. The van der Waals surface area contributed by atoms with Gasteiger partial charge in [-0.05, 0) is 29.8 Å². The molecule has 0 amide bonds. The number of nitrogens with one attached hydrogen (secondary N) is 1. The highest BCUT2D eigenvalue weighted by Crippen LogP contribution is 2.32. The van der Waals surface area contributed by atoms with E-state index in [1.165, 1.54) is 12.3 Å². The molecule has 0 fully saturated rings. The van der Waals surface area contributed by atoms with Gasteiger partial charge in [-0.2, -0.15) is 0 Å². The van der Waals surface area contributed by atoms with Crippen molar-refractivity contribution in [3.8, 4) is 0 Å². The number of methoxy groups -OCH3 is 1. The zero-order chi connectivity index (χ0) is 16.2. The van der Waals surface area contributed by atoms with E-state index >= 15 is 0 Å². The molecule has 6 heteroatoms. The van der Waals surface area contributed by atoms with Gasteiger partial charge in [-0.3, -0.25) is 15.1 Å². The Kier molecular flexibility index (Phi) is 4.16. The molecule has 0 saturated heterocycles. The first kappa shape index (κ1) is 14.9. The summed E-state index contributed by atoms with van der Waals surface area (Å²) in [7, 11) is 1.65. The lowest BCUT2D eigenvalue weighted by Crippen LogP contribution is -1.96. The van der Waals surface area contributed by atoms with Crippen molar-refractivity contribution in [1.82, 2.24) is 4.98 Å². The van der Waals surface area contributed by atoms with Crippen LogP contribution in [0, 0.1) is 10.1 Å². The van der Waals surface area contributed by atoms with Crippen LogP contribution in [0.2, 0.25) is 0 Å². The Labute approximate surface area is 132 Å². The van der Waals surface area contributed by atoms with Crippen molar-refractivity contribution < 1.29 is 9.66 Å². The van der Waals surface area contributed by atoms with Crippen molar-refractivity contribution in [3.63, 3.8) is 0 Å². The van der Waals surface area contributed by atoms with Crippen molar-refractivity contribution in [1.29, 1.82) is 0 Å². The van der Waals surface area contributed by atoms with E-state index in [1.807, 2.05) is 24.3 Å². The van der Waals surface area contributed by atoms with Crippen LogP contribution in [0.1, 0.15) is 5.56 Å². The van der Waals surface area contributed by atoms with Gasteiger partial charge in [0.05, 0.1) is 16.9 Å². The smallest absolute Gasteiger partial charge is 0.278 e. The minimum atomic E-state index is -0.396. The van der Waals surface area contributed by atoms with Crippen LogP contribution in [0.15, 0.2) is 54.9 Å². The fourth-order valence-electron chi connectivity index (χ4n) is 2.50. The molecule has 1 N–H and O–H groups in total. The van der Waals surface area contributed by atoms with Crippen LogP contribution in [0.4, 0.5) is 17.1 Å². The van der Waals surface area contributed by atoms with E-state index in [2.05, 4.69) is 10.3 Å². The van der Waals surface area contributed by atoms with E-state index in [-0.39, 0.29) is 5.69 Å². The monoisotopic (exact) mass is 309 g/mol. The standard InChI is InChI=1S/C17H15N3O3/c1-23-11-12-3-2-4-13(9-12)19-16-5-6-17(20(21)22)15-10-18-8-7-14(15)16/h2-10,19H,11H2,1H3. The number of fused-ring (bicyclic) bond motifs is 1. The minimum Gasteiger partial charge on any atom is -0.380 e. The summed E-state index contributed by atoms with van der Waals surface area (Å²) in [5, 5.41) is 15.7. The maximum absolute atomic E-state index is 11.1. The number of rotatable bonds is 5. The number of nitro groups is 1. The Bertz CT molecular complexity index is 865. The predicted molar refractivity (Wildman–Crippen MR) is 88.8 cm³/mol. The number of aromatic nitrogens is 1. The summed E-state index contributed by atoms with van der Waals surface area (Å²) in [5.74, 6) is 0. The number of ether oxygens (including phenoxy) is 1. The molecule has 0 unspecified atom stereocenters. The van der Waals surface area contributed by atoms with Gasteiger partial charge in [-0.25, -0.2) is 0 Å². The second-order valence-corrected chi connectivity index (χ2v) is 5.07. The van der Waals surface area contributed by atoms with Gasteiger partial charge < -0.3 is 10.1 Å². The molecular formula is C17H15N3O3. The molecule has 0 aliphatic rings. The van der Waals surface area contributed by atoms with Crippen LogP contribution < -0.4 is 5.32 Å². The largest absolute Gasteiger partial charge is 0.380 e. The van der Waals surface area contributed by atoms with E-state index in [0.29, 0.717) is 12.0 Å². The zero-order valence-corrected chi connectivity index (χ0v) is 12.5. The number of hydrogen-bond donors (Lipinski definition) is 1. The maximum atomic E-state index is 11.1. The van der Waals surface area contributed by atoms with Crippen molar-refractivity contribution in [2.75, 3.05) is 12.4 Å². The first-order valence-electron chi connectivity index (χ1n) is 7.05. The minimum absolute atomic E-state index is 0.0479. The normalized spacial score (nSPS) is 10.7. The van der Waals surface area contributed by atoms with Crippen LogP contribution in [-0.4, -0.2) is 17.0 Å². The van der Waals surface area contributed by atoms with Gasteiger partial charge in [-0.1, -0.05) is 12.1 Å². The van der Waals surface area contributed by atoms with E-state index in [0.717, 1.165) is 22.3 Å². The summed E-state index contributed by atoms with van der Waals surface area (Å²) in [6.45, 7) is 0.528. The van der Waals surface area contributed by atoms with Crippen molar-refractivity contribution in [3.05, 3.63) is 70.5 Å². The lowest BCUT2D eigenvalue weighted by atomic mass is 10.1. The third-order valence-corrected chi connectivity index (χ3v) is 3.51. The molecule has 3 aromatic rings. The predicted octanol–water partition coefficient (Wildman–Crippen LogP) is 4.03. The summed E-state index contributed by atoms with van der Waals surface area (Å²) in [5.41, 5.74) is 2.78. The quantitative estimate of drug-likeness (QED) is 0.568. The number of nitro benzene ring substituents is 1. The van der Waals surface area contributed by atoms with Gasteiger partial charge in [0.1, 0.15) is 0 Å². The van der Waals surface area contributed by atoms with Gasteiger partial charge >= 0.3 is 0 Å². The molecule has 0 aliphatic carbocycles. The first-order valence-corrected chi connectivity index (χ1v) is 7.05. The van der Waals surface area contributed by atoms with Gasteiger partial charge in [0.15, 0.2) is 0 Å². The Morgan fingerprint density at radius 1 is 1.22 bits per heavy atom.